The molecule has 32 heavy (non-hydrogen) atoms. The molecule has 1 N–H and O–H groups in total. The van der Waals surface area contributed by atoms with Gasteiger partial charge >= 0.3 is 5.97 Å². The van der Waals surface area contributed by atoms with Gasteiger partial charge in [0.2, 0.25) is 0 Å². The Hall–Kier alpha value is -2.76. The zero-order valence-electron chi connectivity index (χ0n) is 16.8. The van der Waals surface area contributed by atoms with Crippen LogP contribution in [0.4, 0.5) is 0 Å². The third-order valence-electron chi connectivity index (χ3n) is 4.98. The Morgan fingerprint density at radius 2 is 1.53 bits per heavy atom. The van der Waals surface area contributed by atoms with Gasteiger partial charge in [0.15, 0.2) is 0 Å². The van der Waals surface area contributed by atoms with Gasteiger partial charge in [0.25, 0.3) is 0 Å². The second-order valence-corrected chi connectivity index (χ2v) is 8.39. The smallest absolute Gasteiger partial charge is 0.337 e. The number of carboxylic acid groups (broad SMARTS) is 1. The van der Waals surface area contributed by atoms with E-state index in [1.807, 2.05) is 47.0 Å². The monoisotopic (exact) mass is 485 g/mol. The van der Waals surface area contributed by atoms with E-state index < -0.39 is 5.97 Å². The maximum atomic E-state index is 12.1. The lowest BCUT2D eigenvalue weighted by Crippen LogP contribution is -2.08. The highest BCUT2D eigenvalue weighted by Crippen LogP contribution is 2.36. The molecule has 0 aliphatic rings. The number of hydrogen-bond donors (Lipinski definition) is 1. The van der Waals surface area contributed by atoms with Gasteiger partial charge in [0.05, 0.1) is 35.2 Å². The molecule has 0 aliphatic heterocycles. The van der Waals surface area contributed by atoms with E-state index in [1.54, 1.807) is 36.4 Å². The number of carbonyl (C=O) groups is 1. The zero-order chi connectivity index (χ0) is 22.7. The largest absolute Gasteiger partial charge is 0.478 e. The van der Waals surface area contributed by atoms with Gasteiger partial charge in [-0.1, -0.05) is 65.1 Å². The normalized spacial score (nSPS) is 11.0. The molecule has 162 valence electrons. The van der Waals surface area contributed by atoms with Crippen LogP contribution in [-0.2, 0) is 18.0 Å². The van der Waals surface area contributed by atoms with Crippen LogP contribution >= 0.6 is 34.8 Å². The van der Waals surface area contributed by atoms with Gasteiger partial charge in [-0.3, -0.25) is 0 Å². The first-order chi connectivity index (χ1) is 15.4. The second-order valence-electron chi connectivity index (χ2n) is 7.11. The summed E-state index contributed by atoms with van der Waals surface area (Å²) in [6.45, 7) is 0.438. The predicted molar refractivity (Wildman–Crippen MR) is 128 cm³/mol. The standard InChI is InChI=1S/C25H18Cl3NO3/c26-17-6-9-19(10-7-17)29-23(20-11-8-18(27)12-22(20)28)13-21(25(30)31)24(29)15-32-14-16-4-2-1-3-5-16/h1-13H,14-15H2,(H,30,31). The second kappa shape index (κ2) is 9.80. The molecule has 0 amide bonds. The molecule has 4 rings (SSSR count). The number of aromatic carboxylic acids is 1. The van der Waals surface area contributed by atoms with Crippen molar-refractivity contribution in [3.63, 3.8) is 0 Å². The van der Waals surface area contributed by atoms with Gasteiger partial charge in [-0.05, 0) is 54.1 Å². The molecule has 7 heteroatoms. The molecule has 0 saturated heterocycles. The Labute approximate surface area is 200 Å². The molecule has 0 aliphatic carbocycles. The first-order valence-electron chi connectivity index (χ1n) is 9.75. The molecule has 0 radical (unpaired) electrons. The molecule has 0 unspecified atom stereocenters. The fraction of sp³-hybridized carbons (Fsp3) is 0.0800. The molecule has 0 spiro atoms. The summed E-state index contributed by atoms with van der Waals surface area (Å²) < 4.78 is 7.75. The molecule has 1 aromatic heterocycles. The third-order valence-corrected chi connectivity index (χ3v) is 5.78. The first-order valence-corrected chi connectivity index (χ1v) is 10.9. The molecular weight excluding hydrogens is 469 g/mol. The van der Waals surface area contributed by atoms with Gasteiger partial charge in [0.1, 0.15) is 0 Å². The van der Waals surface area contributed by atoms with E-state index in [9.17, 15) is 9.90 Å². The lowest BCUT2D eigenvalue weighted by atomic mass is 10.1. The summed E-state index contributed by atoms with van der Waals surface area (Å²) in [5.74, 6) is -1.05. The predicted octanol–water partition coefficient (Wildman–Crippen LogP) is 7.52. The Morgan fingerprint density at radius 3 is 2.19 bits per heavy atom. The lowest BCUT2D eigenvalue weighted by molar-refractivity contribution is 0.0682. The van der Waals surface area contributed by atoms with E-state index in [1.165, 1.54) is 0 Å². The SMILES string of the molecule is O=C(O)c1cc(-c2ccc(Cl)cc2Cl)n(-c2ccc(Cl)cc2)c1COCc1ccccc1. The van der Waals surface area contributed by atoms with E-state index in [-0.39, 0.29) is 12.2 Å². The summed E-state index contributed by atoms with van der Waals surface area (Å²) in [6.07, 6.45) is 0. The quantitative estimate of drug-likeness (QED) is 0.294. The summed E-state index contributed by atoms with van der Waals surface area (Å²) >= 11 is 18.6. The first kappa shape index (κ1) is 22.4. The molecule has 4 nitrogen and oxygen atoms in total. The number of ether oxygens (including phenoxy) is 1. The minimum absolute atomic E-state index is 0.0877. The van der Waals surface area contributed by atoms with E-state index >= 15 is 0 Å². The maximum absolute atomic E-state index is 12.1. The summed E-state index contributed by atoms with van der Waals surface area (Å²) in [7, 11) is 0. The van der Waals surface area contributed by atoms with Crippen molar-refractivity contribution in [2.24, 2.45) is 0 Å². The van der Waals surface area contributed by atoms with Gasteiger partial charge in [-0.25, -0.2) is 4.79 Å². The topological polar surface area (TPSA) is 51.5 Å². The van der Waals surface area contributed by atoms with Crippen LogP contribution in [-0.4, -0.2) is 15.6 Å². The Morgan fingerprint density at radius 1 is 0.844 bits per heavy atom. The number of nitrogens with zero attached hydrogens (tertiary/aromatic N) is 1. The highest BCUT2D eigenvalue weighted by atomic mass is 35.5. The number of rotatable bonds is 7. The van der Waals surface area contributed by atoms with Crippen molar-refractivity contribution in [3.8, 4) is 16.9 Å². The fourth-order valence-corrected chi connectivity index (χ4v) is 4.13. The van der Waals surface area contributed by atoms with Crippen molar-refractivity contribution >= 4 is 40.8 Å². The molecule has 3 aromatic carbocycles. The summed E-state index contributed by atoms with van der Waals surface area (Å²) in [5, 5.41) is 11.4. The van der Waals surface area contributed by atoms with Crippen LogP contribution in [0.1, 0.15) is 21.6 Å². The highest BCUT2D eigenvalue weighted by Gasteiger charge is 2.23. The van der Waals surface area contributed by atoms with Crippen LogP contribution in [0, 0.1) is 0 Å². The third kappa shape index (κ3) is 4.84. The van der Waals surface area contributed by atoms with Crippen LogP contribution < -0.4 is 0 Å². The average molecular weight is 487 g/mol. The number of benzene rings is 3. The fourth-order valence-electron chi connectivity index (χ4n) is 3.50. The molecule has 0 bridgehead atoms. The number of halogens is 3. The van der Waals surface area contributed by atoms with Crippen LogP contribution in [0.25, 0.3) is 16.9 Å². The van der Waals surface area contributed by atoms with E-state index in [0.717, 1.165) is 11.3 Å². The number of hydrogen-bond acceptors (Lipinski definition) is 2. The van der Waals surface area contributed by atoms with E-state index in [4.69, 9.17) is 39.5 Å². The molecule has 0 saturated carbocycles. The minimum atomic E-state index is -1.05. The number of carboxylic acids is 1. The molecule has 0 atom stereocenters. The van der Waals surface area contributed by atoms with Gasteiger partial charge in [-0.2, -0.15) is 0 Å². The lowest BCUT2D eigenvalue weighted by Gasteiger charge is -2.16. The minimum Gasteiger partial charge on any atom is -0.478 e. The van der Waals surface area contributed by atoms with Crippen LogP contribution in [0.3, 0.4) is 0 Å². The van der Waals surface area contributed by atoms with Crippen molar-refractivity contribution in [1.29, 1.82) is 0 Å². The maximum Gasteiger partial charge on any atom is 0.337 e. The van der Waals surface area contributed by atoms with Gasteiger partial charge in [0, 0.05) is 21.3 Å². The van der Waals surface area contributed by atoms with Gasteiger partial charge < -0.3 is 14.4 Å². The molecule has 4 aromatic rings. The van der Waals surface area contributed by atoms with Crippen molar-refractivity contribution in [2.75, 3.05) is 0 Å². The van der Waals surface area contributed by atoms with Crippen LogP contribution in [0.5, 0.6) is 0 Å². The Kier molecular flexibility index (Phi) is 6.87. The summed E-state index contributed by atoms with van der Waals surface area (Å²) in [5.41, 5.74) is 3.63. The summed E-state index contributed by atoms with van der Waals surface area (Å²) in [4.78, 5) is 12.1. The van der Waals surface area contributed by atoms with Crippen molar-refractivity contribution in [2.45, 2.75) is 13.2 Å². The van der Waals surface area contributed by atoms with Crippen LogP contribution in [0.15, 0.2) is 78.9 Å². The molecular formula is C25H18Cl3NO3. The zero-order valence-corrected chi connectivity index (χ0v) is 19.0. The van der Waals surface area contributed by atoms with Crippen molar-refractivity contribution in [1.82, 2.24) is 4.57 Å². The summed E-state index contributed by atoms with van der Waals surface area (Å²) in [6, 6.07) is 23.6. The highest BCUT2D eigenvalue weighted by molar-refractivity contribution is 6.36. The van der Waals surface area contributed by atoms with E-state index in [2.05, 4.69) is 0 Å². The number of aromatic nitrogens is 1. The van der Waals surface area contributed by atoms with E-state index in [0.29, 0.717) is 38.6 Å². The molecule has 1 heterocycles. The van der Waals surface area contributed by atoms with Crippen LogP contribution in [0.2, 0.25) is 15.1 Å². The average Bonchev–Trinajstić information content (AvgIpc) is 3.14. The van der Waals surface area contributed by atoms with Gasteiger partial charge in [-0.15, -0.1) is 0 Å². The Balaban J connectivity index is 1.83. The van der Waals surface area contributed by atoms with Crippen molar-refractivity contribution in [3.05, 3.63) is 111 Å². The van der Waals surface area contributed by atoms with Crippen molar-refractivity contribution < 1.29 is 14.6 Å². The Bertz CT molecular complexity index is 1250. The molecule has 0 fully saturated rings.